The lowest BCUT2D eigenvalue weighted by Gasteiger charge is -2.14. The second kappa shape index (κ2) is 12.0. The number of nitrogens with zero attached hydrogens (tertiary/aromatic N) is 2. The van der Waals surface area contributed by atoms with E-state index in [9.17, 15) is 0 Å². The van der Waals surface area contributed by atoms with Gasteiger partial charge in [-0.05, 0) is 35.8 Å². The highest BCUT2D eigenvalue weighted by molar-refractivity contribution is 5.84. The minimum atomic E-state index is 0.794. The van der Waals surface area contributed by atoms with Gasteiger partial charge in [0.1, 0.15) is 0 Å². The van der Waals surface area contributed by atoms with Gasteiger partial charge in [0.05, 0.1) is 0 Å². The lowest BCUT2D eigenvalue weighted by Crippen LogP contribution is -2.03. The molecule has 0 heterocycles. The molecule has 0 aliphatic rings. The second-order valence-corrected chi connectivity index (χ2v) is 6.81. The Morgan fingerprint density at radius 3 is 1.83 bits per heavy atom. The Hall–Kier alpha value is -1.44. The van der Waals surface area contributed by atoms with Crippen LogP contribution in [0.1, 0.15) is 70.9 Å². The molecule has 23 heavy (non-hydrogen) atoms. The minimum Gasteiger partial charge on any atom is -0.293 e. The normalized spacial score (nSPS) is 13.4. The molecule has 0 aliphatic carbocycles. The highest BCUT2D eigenvalue weighted by Gasteiger charge is 2.05. The van der Waals surface area contributed by atoms with E-state index in [1.807, 2.05) is 12.4 Å². The maximum absolute atomic E-state index is 4.54. The van der Waals surface area contributed by atoms with Crippen molar-refractivity contribution >= 4 is 12.4 Å². The van der Waals surface area contributed by atoms with Gasteiger partial charge in [-0.1, -0.05) is 71.2 Å². The highest BCUT2D eigenvalue weighted by atomic mass is 14.7. The zero-order valence-corrected chi connectivity index (χ0v) is 15.5. The van der Waals surface area contributed by atoms with Crippen molar-refractivity contribution in [3.05, 3.63) is 35.4 Å². The Bertz CT molecular complexity index is 457. The zero-order valence-electron chi connectivity index (χ0n) is 15.5. The van der Waals surface area contributed by atoms with Gasteiger partial charge in [-0.2, -0.15) is 0 Å². The van der Waals surface area contributed by atoms with Crippen LogP contribution in [-0.2, 0) is 0 Å². The number of hydrogen-bond donors (Lipinski definition) is 0. The van der Waals surface area contributed by atoms with Crippen LogP contribution in [-0.4, -0.2) is 25.5 Å². The fourth-order valence-electron chi connectivity index (χ4n) is 2.26. The third kappa shape index (κ3) is 9.32. The first-order valence-electron chi connectivity index (χ1n) is 9.23. The summed E-state index contributed by atoms with van der Waals surface area (Å²) in [5.74, 6) is 1.62. The van der Waals surface area contributed by atoms with Crippen LogP contribution in [0.3, 0.4) is 0 Å². The molecule has 0 aromatic heterocycles. The first-order chi connectivity index (χ1) is 11.1. The Balaban J connectivity index is 2.25. The number of hydrogen-bond acceptors (Lipinski definition) is 2. The van der Waals surface area contributed by atoms with Crippen molar-refractivity contribution in [2.24, 2.45) is 21.8 Å². The van der Waals surface area contributed by atoms with Crippen LogP contribution in [0.5, 0.6) is 0 Å². The van der Waals surface area contributed by atoms with E-state index < -0.39 is 0 Å². The van der Waals surface area contributed by atoms with Crippen molar-refractivity contribution in [1.29, 1.82) is 0 Å². The van der Waals surface area contributed by atoms with Crippen molar-refractivity contribution in [1.82, 2.24) is 0 Å². The second-order valence-electron chi connectivity index (χ2n) is 6.81. The van der Waals surface area contributed by atoms with Crippen molar-refractivity contribution in [2.75, 3.05) is 13.1 Å². The molecule has 0 N–H and O–H groups in total. The topological polar surface area (TPSA) is 24.7 Å². The molecule has 1 aromatic rings. The molecule has 128 valence electrons. The molecule has 0 fully saturated rings. The third-order valence-corrected chi connectivity index (χ3v) is 4.39. The quantitative estimate of drug-likeness (QED) is 0.365. The molecule has 2 heteroatoms. The van der Waals surface area contributed by atoms with E-state index in [0.29, 0.717) is 0 Å². The summed E-state index contributed by atoms with van der Waals surface area (Å²) in [5, 5.41) is 0. The molecule has 0 amide bonds. The number of rotatable bonds is 11. The number of benzene rings is 1. The lowest BCUT2D eigenvalue weighted by molar-refractivity contribution is 0.379. The van der Waals surface area contributed by atoms with Crippen LogP contribution < -0.4 is 0 Å². The zero-order chi connectivity index (χ0) is 16.9. The fourth-order valence-corrected chi connectivity index (χ4v) is 2.26. The van der Waals surface area contributed by atoms with Gasteiger partial charge in [0.15, 0.2) is 0 Å². The molecule has 0 spiro atoms. The first kappa shape index (κ1) is 19.6. The van der Waals surface area contributed by atoms with Crippen LogP contribution in [0.4, 0.5) is 0 Å². The molecule has 1 aromatic carbocycles. The van der Waals surface area contributed by atoms with Gasteiger partial charge in [-0.3, -0.25) is 9.98 Å². The predicted molar refractivity (Wildman–Crippen MR) is 104 cm³/mol. The average Bonchev–Trinajstić information content (AvgIpc) is 2.55. The van der Waals surface area contributed by atoms with E-state index >= 15 is 0 Å². The van der Waals surface area contributed by atoms with Crippen LogP contribution in [0.15, 0.2) is 34.3 Å². The summed E-state index contributed by atoms with van der Waals surface area (Å²) in [6.45, 7) is 11.0. The van der Waals surface area contributed by atoms with E-state index in [0.717, 1.165) is 31.3 Å². The molecule has 0 aliphatic heterocycles. The highest BCUT2D eigenvalue weighted by Crippen LogP contribution is 2.16. The standard InChI is InChI=1S/C21H34N2/c1-5-6-14-22-16-20-10-12-21(13-11-20)17-23-15-8-7-9-19(4)18(2)3/h10-13,16-19H,5-9,14-15H2,1-4H3. The summed E-state index contributed by atoms with van der Waals surface area (Å²) in [5.41, 5.74) is 2.34. The largest absolute Gasteiger partial charge is 0.293 e. The van der Waals surface area contributed by atoms with Gasteiger partial charge in [0.2, 0.25) is 0 Å². The predicted octanol–water partition coefficient (Wildman–Crippen LogP) is 5.79. The van der Waals surface area contributed by atoms with E-state index in [1.54, 1.807) is 0 Å². The molecule has 0 bridgehead atoms. The molecule has 0 saturated carbocycles. The molecular formula is C21H34N2. The Morgan fingerprint density at radius 2 is 1.35 bits per heavy atom. The molecule has 0 saturated heterocycles. The van der Waals surface area contributed by atoms with Crippen molar-refractivity contribution < 1.29 is 0 Å². The average molecular weight is 315 g/mol. The van der Waals surface area contributed by atoms with Crippen LogP contribution >= 0.6 is 0 Å². The van der Waals surface area contributed by atoms with Crippen molar-refractivity contribution in [3.63, 3.8) is 0 Å². The van der Waals surface area contributed by atoms with Gasteiger partial charge in [0, 0.05) is 25.5 Å². The van der Waals surface area contributed by atoms with E-state index in [1.165, 1.54) is 36.8 Å². The first-order valence-corrected chi connectivity index (χ1v) is 9.23. The maximum atomic E-state index is 4.54. The lowest BCUT2D eigenvalue weighted by atomic mass is 9.93. The van der Waals surface area contributed by atoms with E-state index in [4.69, 9.17) is 0 Å². The number of unbranched alkanes of at least 4 members (excludes halogenated alkanes) is 2. The Kier molecular flexibility index (Phi) is 10.3. The molecule has 0 radical (unpaired) electrons. The minimum absolute atomic E-state index is 0.794. The number of aliphatic imine (C=N–C) groups is 2. The maximum Gasteiger partial charge on any atom is 0.0389 e. The van der Waals surface area contributed by atoms with Gasteiger partial charge in [-0.25, -0.2) is 0 Å². The summed E-state index contributed by atoms with van der Waals surface area (Å²) in [7, 11) is 0. The summed E-state index contributed by atoms with van der Waals surface area (Å²) in [6, 6.07) is 8.46. The molecule has 1 atom stereocenters. The SMILES string of the molecule is CCCCN=Cc1ccc(C=NCCCCC(C)C(C)C)cc1. The molecule has 1 rings (SSSR count). The van der Waals surface area contributed by atoms with Crippen molar-refractivity contribution in [2.45, 2.75) is 59.8 Å². The summed E-state index contributed by atoms with van der Waals surface area (Å²) >= 11 is 0. The van der Waals surface area contributed by atoms with Gasteiger partial charge < -0.3 is 0 Å². The van der Waals surface area contributed by atoms with Gasteiger partial charge in [-0.15, -0.1) is 0 Å². The van der Waals surface area contributed by atoms with Gasteiger partial charge >= 0.3 is 0 Å². The van der Waals surface area contributed by atoms with Gasteiger partial charge in [0.25, 0.3) is 0 Å². The van der Waals surface area contributed by atoms with E-state index in [2.05, 4.69) is 61.9 Å². The third-order valence-electron chi connectivity index (χ3n) is 4.39. The van der Waals surface area contributed by atoms with Crippen molar-refractivity contribution in [3.8, 4) is 0 Å². The van der Waals surface area contributed by atoms with Crippen LogP contribution in [0.25, 0.3) is 0 Å². The molecular weight excluding hydrogens is 280 g/mol. The Labute approximate surface area is 143 Å². The summed E-state index contributed by atoms with van der Waals surface area (Å²) in [6.07, 6.45) is 10.1. The van der Waals surface area contributed by atoms with Crippen LogP contribution in [0, 0.1) is 11.8 Å². The molecule has 1 unspecified atom stereocenters. The van der Waals surface area contributed by atoms with Crippen LogP contribution in [0.2, 0.25) is 0 Å². The Morgan fingerprint density at radius 1 is 0.826 bits per heavy atom. The smallest absolute Gasteiger partial charge is 0.0389 e. The summed E-state index contributed by atoms with van der Waals surface area (Å²) < 4.78 is 0. The summed E-state index contributed by atoms with van der Waals surface area (Å²) in [4.78, 5) is 8.97. The fraction of sp³-hybridized carbons (Fsp3) is 0.619. The molecule has 2 nitrogen and oxygen atoms in total. The monoisotopic (exact) mass is 314 g/mol. The van der Waals surface area contributed by atoms with E-state index in [-0.39, 0.29) is 0 Å².